The molecule has 0 spiro atoms. The van der Waals surface area contributed by atoms with Crippen LogP contribution in [0.4, 0.5) is 4.79 Å². The van der Waals surface area contributed by atoms with Crippen molar-refractivity contribution in [3.05, 3.63) is 19.2 Å². The van der Waals surface area contributed by atoms with Gasteiger partial charge in [-0.1, -0.05) is 6.42 Å². The lowest BCUT2D eigenvalue weighted by atomic mass is 10.0. The molecule has 7 heteroatoms. The van der Waals surface area contributed by atoms with Gasteiger partial charge in [0.25, 0.3) is 0 Å². The van der Waals surface area contributed by atoms with Crippen LogP contribution in [-0.4, -0.2) is 24.3 Å². The van der Waals surface area contributed by atoms with E-state index < -0.39 is 5.60 Å². The molecule has 2 atom stereocenters. The van der Waals surface area contributed by atoms with Crippen LogP contribution in [0.1, 0.15) is 44.9 Å². The van der Waals surface area contributed by atoms with Crippen LogP contribution in [0.25, 0.3) is 0 Å². The van der Waals surface area contributed by atoms with Gasteiger partial charge in [0.05, 0.1) is 3.79 Å². The first-order valence-electron chi connectivity index (χ1n) is 7.88. The van der Waals surface area contributed by atoms with Crippen molar-refractivity contribution >= 4 is 49.3 Å². The molecule has 0 saturated heterocycles. The van der Waals surface area contributed by atoms with Gasteiger partial charge in [0.1, 0.15) is 5.60 Å². The summed E-state index contributed by atoms with van der Waals surface area (Å²) in [4.78, 5) is 13.1. The maximum Gasteiger partial charge on any atom is 0.407 e. The Morgan fingerprint density at radius 2 is 2.13 bits per heavy atom. The lowest BCUT2D eigenvalue weighted by Gasteiger charge is -2.23. The van der Waals surface area contributed by atoms with Gasteiger partial charge in [-0.3, -0.25) is 0 Å². The summed E-state index contributed by atoms with van der Waals surface area (Å²) in [6, 6.07) is 2.59. The van der Waals surface area contributed by atoms with E-state index in [0.29, 0.717) is 18.5 Å². The van der Waals surface area contributed by atoms with E-state index in [1.54, 1.807) is 11.3 Å². The van der Waals surface area contributed by atoms with E-state index in [1.165, 1.54) is 11.3 Å². The molecule has 0 radical (unpaired) electrons. The maximum absolute atomic E-state index is 11.8. The van der Waals surface area contributed by atoms with Gasteiger partial charge < -0.3 is 15.4 Å². The second kappa shape index (κ2) is 8.32. The summed E-state index contributed by atoms with van der Waals surface area (Å²) in [5.41, 5.74) is -0.447. The molecule has 0 aromatic carbocycles. The highest BCUT2D eigenvalue weighted by molar-refractivity contribution is 9.13. The predicted molar refractivity (Wildman–Crippen MR) is 102 cm³/mol. The Morgan fingerprint density at radius 3 is 2.74 bits per heavy atom. The largest absolute Gasteiger partial charge is 0.444 e. The van der Waals surface area contributed by atoms with Crippen molar-refractivity contribution in [2.24, 2.45) is 5.92 Å². The Kier molecular flexibility index (Phi) is 6.95. The van der Waals surface area contributed by atoms with Gasteiger partial charge in [0.15, 0.2) is 0 Å². The second-order valence-corrected chi connectivity index (χ2v) is 10.2. The first-order valence-corrected chi connectivity index (χ1v) is 10.3. The van der Waals surface area contributed by atoms with Crippen LogP contribution in [0, 0.1) is 5.92 Å². The molecule has 130 valence electrons. The minimum Gasteiger partial charge on any atom is -0.444 e. The van der Waals surface area contributed by atoms with E-state index in [1.807, 2.05) is 20.8 Å². The van der Waals surface area contributed by atoms with Crippen LogP contribution < -0.4 is 10.6 Å². The third-order valence-corrected chi connectivity index (χ3v) is 7.06. The Labute approximate surface area is 159 Å². The number of ether oxygens (including phenoxy) is 1. The van der Waals surface area contributed by atoms with Crippen molar-refractivity contribution in [2.75, 3.05) is 6.54 Å². The SMILES string of the molecule is CC(C)(C)OC(=O)NCC1CCCC1NCc1cc(Br)c(Br)s1. The standard InChI is InChI=1S/C16H24Br2N2O2S/c1-16(2,3)22-15(21)20-8-10-5-4-6-13(10)19-9-11-7-12(17)14(18)23-11/h7,10,13,19H,4-6,8-9H2,1-3H3,(H,20,21). The van der Waals surface area contributed by atoms with Gasteiger partial charge in [0, 0.05) is 28.5 Å². The third-order valence-electron chi connectivity index (χ3n) is 3.80. The Bertz CT molecular complexity index is 523. The van der Waals surface area contributed by atoms with Gasteiger partial charge in [-0.25, -0.2) is 4.79 Å². The van der Waals surface area contributed by atoms with Gasteiger partial charge >= 0.3 is 6.09 Å². The molecule has 1 heterocycles. The molecule has 0 bridgehead atoms. The first-order chi connectivity index (χ1) is 10.7. The third kappa shape index (κ3) is 6.36. The number of nitrogens with one attached hydrogen (secondary N) is 2. The van der Waals surface area contributed by atoms with Crippen molar-refractivity contribution in [3.8, 4) is 0 Å². The highest BCUT2D eigenvalue weighted by Gasteiger charge is 2.28. The van der Waals surface area contributed by atoms with Gasteiger partial charge in [-0.05, 0) is 77.5 Å². The van der Waals surface area contributed by atoms with E-state index in [-0.39, 0.29) is 6.09 Å². The highest BCUT2D eigenvalue weighted by atomic mass is 79.9. The Balaban J connectivity index is 1.77. The van der Waals surface area contributed by atoms with E-state index in [2.05, 4.69) is 48.6 Å². The fourth-order valence-electron chi connectivity index (χ4n) is 2.79. The predicted octanol–water partition coefficient (Wildman–Crippen LogP) is 5.06. The van der Waals surface area contributed by atoms with Crippen LogP contribution in [0.2, 0.25) is 0 Å². The molecular formula is C16H24Br2N2O2S. The van der Waals surface area contributed by atoms with Crippen molar-refractivity contribution < 1.29 is 9.53 Å². The highest BCUT2D eigenvalue weighted by Crippen LogP contribution is 2.33. The molecule has 1 saturated carbocycles. The van der Waals surface area contributed by atoms with Crippen LogP contribution in [0.5, 0.6) is 0 Å². The first kappa shape index (κ1) is 19.2. The molecule has 1 aliphatic carbocycles. The molecular weight excluding hydrogens is 444 g/mol. The Morgan fingerprint density at radius 1 is 1.39 bits per heavy atom. The molecule has 1 aromatic heterocycles. The number of hydrogen-bond acceptors (Lipinski definition) is 4. The zero-order valence-electron chi connectivity index (χ0n) is 13.7. The summed E-state index contributed by atoms with van der Waals surface area (Å²) in [7, 11) is 0. The summed E-state index contributed by atoms with van der Waals surface area (Å²) < 4.78 is 7.53. The van der Waals surface area contributed by atoms with Crippen molar-refractivity contribution in [1.82, 2.24) is 10.6 Å². The molecule has 1 fully saturated rings. The lowest BCUT2D eigenvalue weighted by molar-refractivity contribution is 0.0517. The number of rotatable bonds is 5. The van der Waals surface area contributed by atoms with Crippen molar-refractivity contribution in [2.45, 2.75) is 58.2 Å². The second-order valence-electron chi connectivity index (χ2n) is 6.90. The number of thiophene rings is 1. The normalized spacial score (nSPS) is 21.4. The molecule has 4 nitrogen and oxygen atoms in total. The fraction of sp³-hybridized carbons (Fsp3) is 0.688. The van der Waals surface area contributed by atoms with E-state index in [0.717, 1.165) is 27.6 Å². The zero-order valence-corrected chi connectivity index (χ0v) is 17.7. The maximum atomic E-state index is 11.8. The minimum absolute atomic E-state index is 0.325. The zero-order chi connectivity index (χ0) is 17.0. The number of carbonyl (C=O) groups excluding carboxylic acids is 1. The summed E-state index contributed by atoms with van der Waals surface area (Å²) in [6.45, 7) is 7.17. The number of hydrogen-bond donors (Lipinski definition) is 2. The van der Waals surface area contributed by atoms with E-state index in [9.17, 15) is 4.79 Å². The van der Waals surface area contributed by atoms with E-state index in [4.69, 9.17) is 4.74 Å². The van der Waals surface area contributed by atoms with Crippen LogP contribution in [-0.2, 0) is 11.3 Å². The van der Waals surface area contributed by atoms with Gasteiger partial charge in [-0.15, -0.1) is 11.3 Å². The molecule has 1 amide bonds. The van der Waals surface area contributed by atoms with Gasteiger partial charge in [0.2, 0.25) is 0 Å². The van der Waals surface area contributed by atoms with Crippen LogP contribution in [0.15, 0.2) is 14.3 Å². The average molecular weight is 468 g/mol. The summed E-state index contributed by atoms with van der Waals surface area (Å²) in [5, 5.41) is 6.55. The molecule has 1 aliphatic rings. The number of carbonyl (C=O) groups is 1. The number of amides is 1. The van der Waals surface area contributed by atoms with Gasteiger partial charge in [-0.2, -0.15) is 0 Å². The van der Waals surface area contributed by atoms with E-state index >= 15 is 0 Å². The minimum atomic E-state index is -0.447. The summed E-state index contributed by atoms with van der Waals surface area (Å²) in [5.74, 6) is 0.467. The summed E-state index contributed by atoms with van der Waals surface area (Å²) >= 11 is 8.79. The lowest BCUT2D eigenvalue weighted by Crippen LogP contribution is -2.40. The summed E-state index contributed by atoms with van der Waals surface area (Å²) in [6.07, 6.45) is 3.19. The number of halogens is 2. The molecule has 2 unspecified atom stereocenters. The van der Waals surface area contributed by atoms with Crippen molar-refractivity contribution in [3.63, 3.8) is 0 Å². The Hall–Kier alpha value is -0.110. The monoisotopic (exact) mass is 466 g/mol. The van der Waals surface area contributed by atoms with Crippen LogP contribution in [0.3, 0.4) is 0 Å². The van der Waals surface area contributed by atoms with Crippen LogP contribution >= 0.6 is 43.2 Å². The molecule has 2 rings (SSSR count). The van der Waals surface area contributed by atoms with Crippen molar-refractivity contribution in [1.29, 1.82) is 0 Å². The topological polar surface area (TPSA) is 50.4 Å². The average Bonchev–Trinajstić information content (AvgIpc) is 2.99. The molecule has 1 aromatic rings. The quantitative estimate of drug-likeness (QED) is 0.636. The fourth-order valence-corrected chi connectivity index (χ4v) is 4.92. The molecule has 0 aliphatic heterocycles. The smallest absolute Gasteiger partial charge is 0.407 e. The molecule has 23 heavy (non-hydrogen) atoms. The molecule has 2 N–H and O–H groups in total. The number of alkyl carbamates (subject to hydrolysis) is 1.